The van der Waals surface area contributed by atoms with Crippen LogP contribution in [0.1, 0.15) is 51.5 Å². The van der Waals surface area contributed by atoms with Gasteiger partial charge in [0.15, 0.2) is 11.5 Å². The van der Waals surface area contributed by atoms with E-state index in [4.69, 9.17) is 9.47 Å². The highest BCUT2D eigenvalue weighted by Crippen LogP contribution is 2.32. The zero-order chi connectivity index (χ0) is 15.1. The molecule has 0 heterocycles. The van der Waals surface area contributed by atoms with Crippen molar-refractivity contribution in [1.29, 1.82) is 0 Å². The SMILES string of the molecule is CCOc1cccc(CNC2CCC(CC)CC2)c1OC. The molecular formula is C18H29NO2. The molecule has 0 unspecified atom stereocenters. The fraction of sp³-hybridized carbons (Fsp3) is 0.667. The maximum absolute atomic E-state index is 5.64. The molecule has 2 rings (SSSR count). The van der Waals surface area contributed by atoms with E-state index in [2.05, 4.69) is 18.3 Å². The summed E-state index contributed by atoms with van der Waals surface area (Å²) in [6.45, 7) is 5.82. The number of ether oxygens (including phenoxy) is 2. The third kappa shape index (κ3) is 4.37. The van der Waals surface area contributed by atoms with Crippen LogP contribution in [0, 0.1) is 5.92 Å². The van der Waals surface area contributed by atoms with Gasteiger partial charge in [-0.05, 0) is 44.6 Å². The van der Waals surface area contributed by atoms with E-state index in [-0.39, 0.29) is 0 Å². The van der Waals surface area contributed by atoms with E-state index in [0.717, 1.165) is 24.0 Å². The molecule has 1 aromatic carbocycles. The Morgan fingerprint density at radius 1 is 1.14 bits per heavy atom. The molecule has 1 fully saturated rings. The van der Waals surface area contributed by atoms with Crippen molar-refractivity contribution in [2.45, 2.75) is 58.5 Å². The van der Waals surface area contributed by atoms with Crippen LogP contribution in [-0.2, 0) is 6.54 Å². The lowest BCUT2D eigenvalue weighted by atomic mass is 9.84. The van der Waals surface area contributed by atoms with Crippen molar-refractivity contribution in [3.63, 3.8) is 0 Å². The number of methoxy groups -OCH3 is 1. The van der Waals surface area contributed by atoms with E-state index in [1.54, 1.807) is 7.11 Å². The van der Waals surface area contributed by atoms with Crippen molar-refractivity contribution in [3.05, 3.63) is 23.8 Å². The van der Waals surface area contributed by atoms with Gasteiger partial charge in [0.25, 0.3) is 0 Å². The summed E-state index contributed by atoms with van der Waals surface area (Å²) in [5.74, 6) is 2.65. The molecule has 1 aromatic rings. The first-order valence-corrected chi connectivity index (χ1v) is 8.30. The van der Waals surface area contributed by atoms with Crippen LogP contribution >= 0.6 is 0 Å². The van der Waals surface area contributed by atoms with Crippen LogP contribution in [0.25, 0.3) is 0 Å². The van der Waals surface area contributed by atoms with Gasteiger partial charge in [-0.3, -0.25) is 0 Å². The summed E-state index contributed by atoms with van der Waals surface area (Å²) in [5, 5.41) is 3.69. The Bertz CT molecular complexity index is 425. The lowest BCUT2D eigenvalue weighted by Gasteiger charge is -2.28. The fourth-order valence-electron chi connectivity index (χ4n) is 3.23. The summed E-state index contributed by atoms with van der Waals surface area (Å²) < 4.78 is 11.2. The van der Waals surface area contributed by atoms with E-state index >= 15 is 0 Å². The number of hydrogen-bond donors (Lipinski definition) is 1. The Hall–Kier alpha value is -1.22. The van der Waals surface area contributed by atoms with Gasteiger partial charge in [-0.1, -0.05) is 25.5 Å². The van der Waals surface area contributed by atoms with E-state index < -0.39 is 0 Å². The average molecular weight is 291 g/mol. The third-order valence-electron chi connectivity index (χ3n) is 4.57. The largest absolute Gasteiger partial charge is 0.493 e. The normalized spacial score (nSPS) is 22.0. The molecule has 0 amide bonds. The average Bonchev–Trinajstić information content (AvgIpc) is 2.54. The predicted octanol–water partition coefficient (Wildman–Crippen LogP) is 4.15. The van der Waals surface area contributed by atoms with Crippen molar-refractivity contribution in [3.8, 4) is 11.5 Å². The molecule has 1 aliphatic rings. The Morgan fingerprint density at radius 3 is 2.52 bits per heavy atom. The van der Waals surface area contributed by atoms with Gasteiger partial charge in [-0.2, -0.15) is 0 Å². The molecule has 118 valence electrons. The molecule has 0 spiro atoms. The quantitative estimate of drug-likeness (QED) is 0.818. The van der Waals surface area contributed by atoms with E-state index in [9.17, 15) is 0 Å². The maximum Gasteiger partial charge on any atom is 0.165 e. The molecule has 0 aromatic heterocycles. The molecule has 0 atom stereocenters. The molecule has 1 N–H and O–H groups in total. The van der Waals surface area contributed by atoms with Crippen molar-refractivity contribution in [2.75, 3.05) is 13.7 Å². The Kier molecular flexibility index (Phi) is 6.37. The summed E-state index contributed by atoms with van der Waals surface area (Å²) in [4.78, 5) is 0. The molecule has 0 bridgehead atoms. The van der Waals surface area contributed by atoms with E-state index in [1.807, 2.05) is 19.1 Å². The van der Waals surface area contributed by atoms with Gasteiger partial charge in [-0.25, -0.2) is 0 Å². The van der Waals surface area contributed by atoms with Gasteiger partial charge in [0.05, 0.1) is 13.7 Å². The second-order valence-corrected chi connectivity index (χ2v) is 5.89. The first kappa shape index (κ1) is 16.2. The lowest BCUT2D eigenvalue weighted by molar-refractivity contribution is 0.282. The molecule has 0 radical (unpaired) electrons. The highest BCUT2D eigenvalue weighted by atomic mass is 16.5. The zero-order valence-corrected chi connectivity index (χ0v) is 13.7. The fourth-order valence-corrected chi connectivity index (χ4v) is 3.23. The first-order chi connectivity index (χ1) is 10.3. The molecule has 21 heavy (non-hydrogen) atoms. The van der Waals surface area contributed by atoms with Gasteiger partial charge < -0.3 is 14.8 Å². The van der Waals surface area contributed by atoms with E-state index in [0.29, 0.717) is 12.6 Å². The van der Waals surface area contributed by atoms with Gasteiger partial charge >= 0.3 is 0 Å². The first-order valence-electron chi connectivity index (χ1n) is 8.30. The Labute approximate surface area is 129 Å². The van der Waals surface area contributed by atoms with Crippen molar-refractivity contribution >= 4 is 0 Å². The number of hydrogen-bond acceptors (Lipinski definition) is 3. The van der Waals surface area contributed by atoms with Gasteiger partial charge in [0.2, 0.25) is 0 Å². The second-order valence-electron chi connectivity index (χ2n) is 5.89. The van der Waals surface area contributed by atoms with E-state index in [1.165, 1.54) is 37.7 Å². The topological polar surface area (TPSA) is 30.5 Å². The highest BCUT2D eigenvalue weighted by molar-refractivity contribution is 5.46. The van der Waals surface area contributed by atoms with Crippen LogP contribution in [0.4, 0.5) is 0 Å². The number of nitrogens with one attached hydrogen (secondary N) is 1. The molecular weight excluding hydrogens is 262 g/mol. The highest BCUT2D eigenvalue weighted by Gasteiger charge is 2.20. The number of para-hydroxylation sites is 1. The minimum Gasteiger partial charge on any atom is -0.493 e. The van der Waals surface area contributed by atoms with Crippen LogP contribution in [-0.4, -0.2) is 19.8 Å². The lowest BCUT2D eigenvalue weighted by Crippen LogP contribution is -2.32. The summed E-state index contributed by atoms with van der Waals surface area (Å²) in [5.41, 5.74) is 1.18. The molecule has 3 nitrogen and oxygen atoms in total. The Morgan fingerprint density at radius 2 is 1.90 bits per heavy atom. The van der Waals surface area contributed by atoms with Crippen LogP contribution < -0.4 is 14.8 Å². The maximum atomic E-state index is 5.64. The van der Waals surface area contributed by atoms with Crippen LogP contribution in [0.2, 0.25) is 0 Å². The summed E-state index contributed by atoms with van der Waals surface area (Å²) >= 11 is 0. The van der Waals surface area contributed by atoms with Gasteiger partial charge in [0.1, 0.15) is 0 Å². The minimum absolute atomic E-state index is 0.647. The van der Waals surface area contributed by atoms with Gasteiger partial charge in [0, 0.05) is 18.2 Å². The predicted molar refractivity (Wildman–Crippen MR) is 87.0 cm³/mol. The zero-order valence-electron chi connectivity index (χ0n) is 13.7. The van der Waals surface area contributed by atoms with Crippen molar-refractivity contribution in [2.24, 2.45) is 5.92 Å². The summed E-state index contributed by atoms with van der Waals surface area (Å²) in [6, 6.07) is 6.77. The minimum atomic E-state index is 0.647. The summed E-state index contributed by atoms with van der Waals surface area (Å²) in [6.07, 6.45) is 6.66. The van der Waals surface area contributed by atoms with Crippen LogP contribution in [0.3, 0.4) is 0 Å². The standard InChI is InChI=1S/C18H29NO2/c1-4-14-9-11-16(12-10-14)19-13-15-7-6-8-17(21-5-2)18(15)20-3/h6-8,14,16,19H,4-5,9-13H2,1-3H3. The van der Waals surface area contributed by atoms with Crippen LogP contribution in [0.15, 0.2) is 18.2 Å². The Balaban J connectivity index is 1.92. The second kappa shape index (κ2) is 8.28. The molecule has 0 saturated heterocycles. The van der Waals surface area contributed by atoms with Crippen LogP contribution in [0.5, 0.6) is 11.5 Å². The molecule has 1 saturated carbocycles. The van der Waals surface area contributed by atoms with Crippen molar-refractivity contribution in [1.82, 2.24) is 5.32 Å². The monoisotopic (exact) mass is 291 g/mol. The number of benzene rings is 1. The molecule has 0 aliphatic heterocycles. The van der Waals surface area contributed by atoms with Gasteiger partial charge in [-0.15, -0.1) is 0 Å². The number of rotatable bonds is 7. The summed E-state index contributed by atoms with van der Waals surface area (Å²) in [7, 11) is 1.72. The molecule has 1 aliphatic carbocycles. The van der Waals surface area contributed by atoms with Crippen molar-refractivity contribution < 1.29 is 9.47 Å². The smallest absolute Gasteiger partial charge is 0.165 e. The molecule has 3 heteroatoms. The third-order valence-corrected chi connectivity index (χ3v) is 4.57.